The van der Waals surface area contributed by atoms with Crippen LogP contribution in [0, 0.1) is 0 Å². The Kier molecular flexibility index (Phi) is 11.0. The van der Waals surface area contributed by atoms with Gasteiger partial charge in [0.05, 0.1) is 12.8 Å². The van der Waals surface area contributed by atoms with Crippen LogP contribution in [0.4, 0.5) is 0 Å². The summed E-state index contributed by atoms with van der Waals surface area (Å²) in [7, 11) is 0. The molecule has 3 heteroatoms. The van der Waals surface area contributed by atoms with Gasteiger partial charge < -0.3 is 4.74 Å². The van der Waals surface area contributed by atoms with Crippen molar-refractivity contribution < 1.29 is 4.74 Å². The van der Waals surface area contributed by atoms with Crippen molar-refractivity contribution in [1.82, 2.24) is 4.90 Å². The molecule has 0 spiro atoms. The first-order chi connectivity index (χ1) is 9.36. The third-order valence-electron chi connectivity index (χ3n) is 3.77. The number of ether oxygens (including phenoxy) is 1. The molecule has 1 rings (SSSR count). The fourth-order valence-electron chi connectivity index (χ4n) is 2.41. The second kappa shape index (κ2) is 12.0. The summed E-state index contributed by atoms with van der Waals surface area (Å²) < 4.78 is 6.17. The lowest BCUT2D eigenvalue weighted by atomic mass is 10.1. The molecule has 1 unspecified atom stereocenters. The lowest BCUT2D eigenvalue weighted by Gasteiger charge is -2.28. The molecular weight excluding hydrogens is 254 g/mol. The highest BCUT2D eigenvalue weighted by atomic mass is 32.2. The van der Waals surface area contributed by atoms with Crippen molar-refractivity contribution >= 4 is 11.8 Å². The van der Waals surface area contributed by atoms with Crippen molar-refractivity contribution in [2.75, 3.05) is 31.3 Å². The fourth-order valence-corrected chi connectivity index (χ4v) is 3.59. The van der Waals surface area contributed by atoms with Crippen LogP contribution >= 0.6 is 11.8 Å². The minimum atomic E-state index is 0.476. The lowest BCUT2D eigenvalue weighted by molar-refractivity contribution is -0.0228. The summed E-state index contributed by atoms with van der Waals surface area (Å²) in [5.74, 6) is 2.49. The smallest absolute Gasteiger partial charge is 0.0994 e. The third-order valence-corrected chi connectivity index (χ3v) is 4.95. The van der Waals surface area contributed by atoms with Gasteiger partial charge in [0.15, 0.2) is 0 Å². The van der Waals surface area contributed by atoms with E-state index >= 15 is 0 Å². The molecule has 0 N–H and O–H groups in total. The number of piperidine rings is 1. The normalized spacial score (nSPS) is 18.6. The van der Waals surface area contributed by atoms with Crippen LogP contribution < -0.4 is 0 Å². The zero-order valence-corrected chi connectivity index (χ0v) is 13.8. The van der Waals surface area contributed by atoms with Crippen LogP contribution in [0.5, 0.6) is 0 Å². The first kappa shape index (κ1) is 17.3. The minimum Gasteiger partial charge on any atom is -0.362 e. The van der Waals surface area contributed by atoms with Gasteiger partial charge >= 0.3 is 0 Å². The number of hydrogen-bond acceptors (Lipinski definition) is 3. The Labute approximate surface area is 124 Å². The van der Waals surface area contributed by atoms with E-state index in [1.54, 1.807) is 0 Å². The van der Waals surface area contributed by atoms with Gasteiger partial charge in [0.2, 0.25) is 0 Å². The Hall–Kier alpha value is 0.270. The summed E-state index contributed by atoms with van der Waals surface area (Å²) in [4.78, 5) is 2.49. The Morgan fingerprint density at radius 2 is 1.79 bits per heavy atom. The van der Waals surface area contributed by atoms with Crippen LogP contribution in [0.3, 0.4) is 0 Å². The van der Waals surface area contributed by atoms with E-state index in [0.717, 1.165) is 6.73 Å². The van der Waals surface area contributed by atoms with Crippen molar-refractivity contribution in [2.24, 2.45) is 0 Å². The molecule has 0 aromatic heterocycles. The molecule has 0 radical (unpaired) electrons. The lowest BCUT2D eigenvalue weighted by Crippen LogP contribution is -2.34. The van der Waals surface area contributed by atoms with Crippen LogP contribution in [0.2, 0.25) is 0 Å². The van der Waals surface area contributed by atoms with E-state index in [4.69, 9.17) is 4.74 Å². The molecule has 1 aliphatic heterocycles. The molecule has 0 amide bonds. The highest BCUT2D eigenvalue weighted by Crippen LogP contribution is 2.15. The molecule has 0 saturated carbocycles. The summed E-state index contributed by atoms with van der Waals surface area (Å²) in [5, 5.41) is 0. The topological polar surface area (TPSA) is 12.5 Å². The SMILES string of the molecule is CCCCSCC(CCCC)OCN1CCCCC1. The molecule has 114 valence electrons. The molecule has 0 bridgehead atoms. The average molecular weight is 288 g/mol. The van der Waals surface area contributed by atoms with Crippen molar-refractivity contribution in [3.8, 4) is 0 Å². The Bertz CT molecular complexity index is 195. The zero-order valence-electron chi connectivity index (χ0n) is 13.0. The number of unbranched alkanes of at least 4 members (excludes halogenated alkanes) is 2. The van der Waals surface area contributed by atoms with Gasteiger partial charge in [-0.05, 0) is 31.4 Å². The van der Waals surface area contributed by atoms with E-state index in [-0.39, 0.29) is 0 Å². The van der Waals surface area contributed by atoms with Crippen LogP contribution in [0.15, 0.2) is 0 Å². The maximum Gasteiger partial charge on any atom is 0.0994 e. The van der Waals surface area contributed by atoms with Gasteiger partial charge in [-0.25, -0.2) is 0 Å². The van der Waals surface area contributed by atoms with E-state index in [2.05, 4.69) is 30.5 Å². The number of hydrogen-bond donors (Lipinski definition) is 0. The molecule has 1 heterocycles. The van der Waals surface area contributed by atoms with E-state index in [9.17, 15) is 0 Å². The fraction of sp³-hybridized carbons (Fsp3) is 1.00. The Morgan fingerprint density at radius 3 is 2.47 bits per heavy atom. The first-order valence-electron chi connectivity index (χ1n) is 8.28. The molecule has 0 aromatic carbocycles. The van der Waals surface area contributed by atoms with Gasteiger partial charge in [-0.15, -0.1) is 0 Å². The molecule has 1 aliphatic rings. The van der Waals surface area contributed by atoms with Gasteiger partial charge in [0, 0.05) is 18.8 Å². The summed E-state index contributed by atoms with van der Waals surface area (Å²) in [6.45, 7) is 7.88. The van der Waals surface area contributed by atoms with Crippen LogP contribution in [0.1, 0.15) is 65.2 Å². The van der Waals surface area contributed by atoms with Crippen LogP contribution in [-0.4, -0.2) is 42.3 Å². The molecule has 1 atom stereocenters. The number of likely N-dealkylation sites (tertiary alicyclic amines) is 1. The Balaban J connectivity index is 2.15. The summed E-state index contributed by atoms with van der Waals surface area (Å²) >= 11 is 2.08. The highest BCUT2D eigenvalue weighted by Gasteiger charge is 2.14. The third kappa shape index (κ3) is 8.93. The second-order valence-electron chi connectivity index (χ2n) is 5.67. The Morgan fingerprint density at radius 1 is 1.05 bits per heavy atom. The van der Waals surface area contributed by atoms with Gasteiger partial charge in [-0.3, -0.25) is 4.90 Å². The number of rotatable bonds is 11. The van der Waals surface area contributed by atoms with Crippen molar-refractivity contribution in [3.63, 3.8) is 0 Å². The predicted molar refractivity (Wildman–Crippen MR) is 86.9 cm³/mol. The maximum atomic E-state index is 6.17. The second-order valence-corrected chi connectivity index (χ2v) is 6.82. The monoisotopic (exact) mass is 287 g/mol. The number of thioether (sulfide) groups is 1. The number of nitrogens with zero attached hydrogens (tertiary/aromatic N) is 1. The molecule has 0 aromatic rings. The van der Waals surface area contributed by atoms with Crippen molar-refractivity contribution in [1.29, 1.82) is 0 Å². The zero-order chi connectivity index (χ0) is 13.8. The highest BCUT2D eigenvalue weighted by molar-refractivity contribution is 7.99. The van der Waals surface area contributed by atoms with E-state index in [1.807, 2.05) is 0 Å². The molecule has 1 fully saturated rings. The molecule has 19 heavy (non-hydrogen) atoms. The summed E-state index contributed by atoms with van der Waals surface area (Å²) in [6, 6.07) is 0. The quantitative estimate of drug-likeness (QED) is 0.518. The van der Waals surface area contributed by atoms with Gasteiger partial charge in [-0.2, -0.15) is 11.8 Å². The van der Waals surface area contributed by atoms with Crippen molar-refractivity contribution in [3.05, 3.63) is 0 Å². The standard InChI is InChI=1S/C16H33NOS/c1-3-5-10-16(14-19-13-6-4-2)18-15-17-11-8-7-9-12-17/h16H,3-15H2,1-2H3. The molecule has 2 nitrogen and oxygen atoms in total. The van der Waals surface area contributed by atoms with Gasteiger partial charge in [-0.1, -0.05) is 39.5 Å². The summed E-state index contributed by atoms with van der Waals surface area (Å²) in [6.07, 6.45) is 11.1. The minimum absolute atomic E-state index is 0.476. The van der Waals surface area contributed by atoms with E-state index in [1.165, 1.54) is 76.0 Å². The van der Waals surface area contributed by atoms with Crippen molar-refractivity contribution in [2.45, 2.75) is 71.3 Å². The predicted octanol–water partition coefficient (Wildman–Crippen LogP) is 4.54. The average Bonchev–Trinajstić information content (AvgIpc) is 2.46. The first-order valence-corrected chi connectivity index (χ1v) is 9.44. The molecule has 1 saturated heterocycles. The molecule has 0 aliphatic carbocycles. The maximum absolute atomic E-state index is 6.17. The van der Waals surface area contributed by atoms with Crippen LogP contribution in [-0.2, 0) is 4.74 Å². The van der Waals surface area contributed by atoms with E-state index < -0.39 is 0 Å². The largest absolute Gasteiger partial charge is 0.362 e. The van der Waals surface area contributed by atoms with Crippen LogP contribution in [0.25, 0.3) is 0 Å². The van der Waals surface area contributed by atoms with Gasteiger partial charge in [0.25, 0.3) is 0 Å². The van der Waals surface area contributed by atoms with E-state index in [0.29, 0.717) is 6.10 Å². The van der Waals surface area contributed by atoms with Gasteiger partial charge in [0.1, 0.15) is 0 Å². The molecular formula is C16H33NOS. The summed E-state index contributed by atoms with van der Waals surface area (Å²) in [5.41, 5.74) is 0.